The topological polar surface area (TPSA) is 79.4 Å². The molecule has 3 rings (SSSR count). The summed E-state index contributed by atoms with van der Waals surface area (Å²) in [6.45, 7) is 1.97. The molecule has 0 amide bonds. The van der Waals surface area contributed by atoms with Crippen LogP contribution in [0.5, 0.6) is 11.5 Å². The van der Waals surface area contributed by atoms with Crippen molar-refractivity contribution in [1.82, 2.24) is 10.1 Å². The lowest BCUT2D eigenvalue weighted by Gasteiger charge is -2.01. The Morgan fingerprint density at radius 3 is 2.40 bits per heavy atom. The summed E-state index contributed by atoms with van der Waals surface area (Å²) in [6.07, 6.45) is 0. The van der Waals surface area contributed by atoms with Gasteiger partial charge in [0.15, 0.2) is 0 Å². The molecule has 0 bridgehead atoms. The Balaban J connectivity index is 2.07. The van der Waals surface area contributed by atoms with Crippen LogP contribution < -0.4 is 0 Å². The highest BCUT2D eigenvalue weighted by molar-refractivity contribution is 5.71. The second-order valence-corrected chi connectivity index (χ2v) is 4.46. The maximum atomic E-state index is 9.78. The quantitative estimate of drug-likeness (QED) is 0.746. The predicted octanol–water partition coefficient (Wildman–Crippen LogP) is 3.12. The molecule has 0 aliphatic carbocycles. The number of phenolic OH excluding ortho intramolecular Hbond substituents is 2. The van der Waals surface area contributed by atoms with Crippen molar-refractivity contribution in [2.24, 2.45) is 0 Å². The lowest BCUT2D eigenvalue weighted by atomic mass is 10.1. The zero-order valence-corrected chi connectivity index (χ0v) is 10.7. The number of nitrogens with zero attached hydrogens (tertiary/aromatic N) is 2. The van der Waals surface area contributed by atoms with Crippen LogP contribution in [0.3, 0.4) is 0 Å². The fourth-order valence-corrected chi connectivity index (χ4v) is 1.97. The first-order valence-electron chi connectivity index (χ1n) is 6.07. The molecule has 100 valence electrons. The minimum absolute atomic E-state index is 0.0807. The Bertz CT molecular complexity index is 745. The second-order valence-electron chi connectivity index (χ2n) is 4.46. The maximum absolute atomic E-state index is 9.78. The van der Waals surface area contributed by atoms with Gasteiger partial charge in [0.1, 0.15) is 17.1 Å². The molecule has 3 aromatic rings. The van der Waals surface area contributed by atoms with E-state index in [0.717, 1.165) is 11.1 Å². The first-order valence-corrected chi connectivity index (χ1v) is 6.07. The van der Waals surface area contributed by atoms with Crippen molar-refractivity contribution < 1.29 is 14.7 Å². The molecule has 0 spiro atoms. The summed E-state index contributed by atoms with van der Waals surface area (Å²) in [5.41, 5.74) is 2.04. The van der Waals surface area contributed by atoms with Crippen molar-refractivity contribution in [2.75, 3.05) is 0 Å². The number of aromatic hydroxyl groups is 2. The van der Waals surface area contributed by atoms with E-state index in [2.05, 4.69) is 10.1 Å². The van der Waals surface area contributed by atoms with Gasteiger partial charge in [-0.2, -0.15) is 4.98 Å². The number of phenols is 2. The smallest absolute Gasteiger partial charge is 0.265 e. The van der Waals surface area contributed by atoms with Gasteiger partial charge in [0, 0.05) is 5.56 Å². The number of aromatic nitrogens is 2. The molecule has 1 aromatic heterocycles. The molecule has 2 N–H and O–H groups in total. The molecule has 0 radical (unpaired) electrons. The molecular formula is C15H12N2O3. The molecule has 20 heavy (non-hydrogen) atoms. The zero-order chi connectivity index (χ0) is 14.1. The van der Waals surface area contributed by atoms with Gasteiger partial charge in [0.2, 0.25) is 5.82 Å². The van der Waals surface area contributed by atoms with Crippen LogP contribution in [0.1, 0.15) is 5.56 Å². The second kappa shape index (κ2) is 4.70. The Kier molecular flexibility index (Phi) is 2.87. The summed E-state index contributed by atoms with van der Waals surface area (Å²) in [7, 11) is 0. The average Bonchev–Trinajstić information content (AvgIpc) is 2.88. The van der Waals surface area contributed by atoms with Gasteiger partial charge < -0.3 is 14.7 Å². The lowest BCUT2D eigenvalue weighted by Crippen LogP contribution is -1.83. The standard InChI is InChI=1S/C15H12N2O3/c1-9-4-2-5-10(8-9)14-16-15(20-17-14)13-11(18)6-3-7-12(13)19/h2-8,18-19H,1H3. The van der Waals surface area contributed by atoms with E-state index in [-0.39, 0.29) is 23.0 Å². The molecule has 0 fully saturated rings. The van der Waals surface area contributed by atoms with Crippen LogP contribution in [0.2, 0.25) is 0 Å². The van der Waals surface area contributed by atoms with Gasteiger partial charge in [-0.1, -0.05) is 35.0 Å². The summed E-state index contributed by atoms with van der Waals surface area (Å²) < 4.78 is 5.13. The van der Waals surface area contributed by atoms with Gasteiger partial charge in [-0.25, -0.2) is 0 Å². The van der Waals surface area contributed by atoms with E-state index in [9.17, 15) is 10.2 Å². The Morgan fingerprint density at radius 1 is 1.00 bits per heavy atom. The molecule has 0 unspecified atom stereocenters. The third-order valence-corrected chi connectivity index (χ3v) is 2.94. The molecule has 5 heteroatoms. The highest BCUT2D eigenvalue weighted by atomic mass is 16.5. The fraction of sp³-hybridized carbons (Fsp3) is 0.0667. The van der Waals surface area contributed by atoms with Crippen molar-refractivity contribution in [3.8, 4) is 34.3 Å². The largest absolute Gasteiger partial charge is 0.507 e. The normalized spacial score (nSPS) is 10.7. The summed E-state index contributed by atoms with van der Waals surface area (Å²) in [5.74, 6) is 0.275. The van der Waals surface area contributed by atoms with Crippen LogP contribution in [-0.4, -0.2) is 20.4 Å². The van der Waals surface area contributed by atoms with E-state index in [1.165, 1.54) is 18.2 Å². The highest BCUT2D eigenvalue weighted by Crippen LogP contribution is 2.36. The van der Waals surface area contributed by atoms with Gasteiger partial charge in [-0.3, -0.25) is 0 Å². The van der Waals surface area contributed by atoms with E-state index in [1.54, 1.807) is 0 Å². The number of hydrogen-bond donors (Lipinski definition) is 2. The summed E-state index contributed by atoms with van der Waals surface area (Å²) in [5, 5.41) is 23.4. The minimum atomic E-state index is -0.107. The third kappa shape index (κ3) is 2.09. The first-order chi connectivity index (χ1) is 9.65. The van der Waals surface area contributed by atoms with E-state index in [1.807, 2.05) is 31.2 Å². The Hall–Kier alpha value is -2.82. The van der Waals surface area contributed by atoms with Crippen LogP contribution in [0.25, 0.3) is 22.8 Å². The third-order valence-electron chi connectivity index (χ3n) is 2.94. The maximum Gasteiger partial charge on any atom is 0.265 e. The number of benzene rings is 2. The van der Waals surface area contributed by atoms with E-state index in [4.69, 9.17) is 4.52 Å². The highest BCUT2D eigenvalue weighted by Gasteiger charge is 2.17. The number of rotatable bonds is 2. The Labute approximate surface area is 115 Å². The average molecular weight is 268 g/mol. The van der Waals surface area contributed by atoms with Gasteiger partial charge >= 0.3 is 0 Å². The van der Waals surface area contributed by atoms with Gasteiger partial charge in [-0.05, 0) is 25.1 Å². The van der Waals surface area contributed by atoms with Crippen LogP contribution in [0, 0.1) is 6.92 Å². The van der Waals surface area contributed by atoms with Gasteiger partial charge in [0.25, 0.3) is 5.89 Å². The predicted molar refractivity (Wildman–Crippen MR) is 73.2 cm³/mol. The summed E-state index contributed by atoms with van der Waals surface area (Å²) >= 11 is 0. The molecule has 2 aromatic carbocycles. The minimum Gasteiger partial charge on any atom is -0.507 e. The molecule has 0 saturated heterocycles. The number of hydrogen-bond acceptors (Lipinski definition) is 5. The van der Waals surface area contributed by atoms with Crippen LogP contribution in [0.4, 0.5) is 0 Å². The van der Waals surface area contributed by atoms with Gasteiger partial charge in [-0.15, -0.1) is 0 Å². The van der Waals surface area contributed by atoms with Crippen molar-refractivity contribution in [2.45, 2.75) is 6.92 Å². The molecular weight excluding hydrogens is 256 g/mol. The molecule has 0 atom stereocenters. The van der Waals surface area contributed by atoms with Gasteiger partial charge in [0.05, 0.1) is 0 Å². The molecule has 1 heterocycles. The zero-order valence-electron chi connectivity index (χ0n) is 10.7. The summed E-state index contributed by atoms with van der Waals surface area (Å²) in [4.78, 5) is 4.22. The van der Waals surface area contributed by atoms with E-state index < -0.39 is 0 Å². The van der Waals surface area contributed by atoms with Crippen molar-refractivity contribution in [1.29, 1.82) is 0 Å². The van der Waals surface area contributed by atoms with Crippen molar-refractivity contribution in [3.63, 3.8) is 0 Å². The molecule has 5 nitrogen and oxygen atoms in total. The van der Waals surface area contributed by atoms with E-state index >= 15 is 0 Å². The molecule has 0 aliphatic heterocycles. The Morgan fingerprint density at radius 2 is 1.70 bits per heavy atom. The van der Waals surface area contributed by atoms with E-state index in [0.29, 0.717) is 5.82 Å². The molecule has 0 saturated carbocycles. The lowest BCUT2D eigenvalue weighted by molar-refractivity contribution is 0.416. The van der Waals surface area contributed by atoms with Crippen LogP contribution in [-0.2, 0) is 0 Å². The van der Waals surface area contributed by atoms with Crippen molar-refractivity contribution in [3.05, 3.63) is 48.0 Å². The van der Waals surface area contributed by atoms with Crippen LogP contribution >= 0.6 is 0 Å². The molecule has 0 aliphatic rings. The van der Waals surface area contributed by atoms with Crippen LogP contribution in [0.15, 0.2) is 47.0 Å². The van der Waals surface area contributed by atoms with Crippen molar-refractivity contribution >= 4 is 0 Å². The SMILES string of the molecule is Cc1cccc(-c2noc(-c3c(O)cccc3O)n2)c1. The summed E-state index contributed by atoms with van der Waals surface area (Å²) in [6, 6.07) is 12.1. The monoisotopic (exact) mass is 268 g/mol. The fourth-order valence-electron chi connectivity index (χ4n) is 1.97. The first kappa shape index (κ1) is 12.2. The number of aryl methyl sites for hydroxylation is 1.